The molecule has 0 radical (unpaired) electrons. The third-order valence-corrected chi connectivity index (χ3v) is 7.67. The Morgan fingerprint density at radius 3 is 2.19 bits per heavy atom. The molecule has 2 heterocycles. The molecule has 4 rings (SSSR count). The Kier molecular flexibility index (Phi) is 8.52. The van der Waals surface area contributed by atoms with Gasteiger partial charge in [-0.2, -0.15) is 0 Å². The van der Waals surface area contributed by atoms with Crippen molar-refractivity contribution >= 4 is 50.9 Å². The van der Waals surface area contributed by atoms with Gasteiger partial charge in [-0.3, -0.25) is 14.4 Å². The molecule has 1 aliphatic heterocycles. The number of halogens is 1. The predicted octanol–water partition coefficient (Wildman–Crippen LogP) is 5.79. The highest BCUT2D eigenvalue weighted by Crippen LogP contribution is 2.40. The van der Waals surface area contributed by atoms with Crippen LogP contribution in [0, 0.1) is 0 Å². The van der Waals surface area contributed by atoms with Gasteiger partial charge in [0.25, 0.3) is 0 Å². The Bertz CT molecular complexity index is 1270. The zero-order chi connectivity index (χ0) is 26.7. The van der Waals surface area contributed by atoms with E-state index in [2.05, 4.69) is 18.2 Å². The highest BCUT2D eigenvalue weighted by molar-refractivity contribution is 7.19. The van der Waals surface area contributed by atoms with Gasteiger partial charge < -0.3 is 18.9 Å². The Hall–Kier alpha value is -2.94. The summed E-state index contributed by atoms with van der Waals surface area (Å²) in [4.78, 5) is 37.1. The van der Waals surface area contributed by atoms with Gasteiger partial charge in [-0.25, -0.2) is 0 Å². The van der Waals surface area contributed by atoms with E-state index >= 15 is 0 Å². The van der Waals surface area contributed by atoms with Crippen molar-refractivity contribution in [3.63, 3.8) is 0 Å². The highest BCUT2D eigenvalue weighted by atomic mass is 35.5. The Morgan fingerprint density at radius 2 is 1.54 bits per heavy atom. The van der Waals surface area contributed by atoms with Crippen molar-refractivity contribution in [2.24, 2.45) is 0 Å². The van der Waals surface area contributed by atoms with Gasteiger partial charge >= 0.3 is 17.9 Å². The molecule has 7 nitrogen and oxygen atoms in total. The molecular formula is C28H29ClO7S. The van der Waals surface area contributed by atoms with Crippen LogP contribution >= 0.6 is 22.9 Å². The van der Waals surface area contributed by atoms with Crippen LogP contribution in [0.5, 0.6) is 0 Å². The van der Waals surface area contributed by atoms with Gasteiger partial charge in [0.1, 0.15) is 6.10 Å². The lowest BCUT2D eigenvalue weighted by Crippen LogP contribution is -2.58. The molecule has 0 aliphatic carbocycles. The number of fused-ring (bicyclic) bond motifs is 1. The number of hydrogen-bond acceptors (Lipinski definition) is 8. The zero-order valence-corrected chi connectivity index (χ0v) is 22.6. The van der Waals surface area contributed by atoms with Crippen LogP contribution in [0.25, 0.3) is 10.1 Å². The van der Waals surface area contributed by atoms with E-state index in [1.54, 1.807) is 17.4 Å². The lowest BCUT2D eigenvalue weighted by atomic mass is 9.88. The summed E-state index contributed by atoms with van der Waals surface area (Å²) in [5, 5.41) is 1.77. The fourth-order valence-electron chi connectivity index (χ4n) is 4.71. The summed E-state index contributed by atoms with van der Waals surface area (Å²) in [5.74, 6) is -1.72. The average molecular weight is 545 g/mol. The van der Waals surface area contributed by atoms with Crippen LogP contribution in [0.2, 0.25) is 5.02 Å². The Balaban J connectivity index is 1.72. The molecule has 0 N–H and O–H groups in total. The van der Waals surface area contributed by atoms with Crippen molar-refractivity contribution in [2.45, 2.75) is 71.1 Å². The largest absolute Gasteiger partial charge is 0.456 e. The number of ether oxygens (including phenoxy) is 4. The van der Waals surface area contributed by atoms with Crippen LogP contribution in [-0.2, 0) is 39.8 Å². The molecular weight excluding hydrogens is 516 g/mol. The van der Waals surface area contributed by atoms with Gasteiger partial charge in [-0.1, -0.05) is 48.9 Å². The number of esters is 3. The van der Waals surface area contributed by atoms with Crippen LogP contribution in [0.1, 0.15) is 56.2 Å². The molecule has 1 fully saturated rings. The summed E-state index contributed by atoms with van der Waals surface area (Å²) in [5.41, 5.74) is 1.60. The molecule has 2 aromatic carbocycles. The fourth-order valence-corrected chi connectivity index (χ4v) is 5.98. The van der Waals surface area contributed by atoms with Crippen LogP contribution in [0.15, 0.2) is 48.5 Å². The number of benzene rings is 2. The molecule has 1 saturated heterocycles. The molecule has 1 aromatic heterocycles. The minimum absolute atomic E-state index is 0.473. The lowest BCUT2D eigenvalue weighted by Gasteiger charge is -2.44. The van der Waals surface area contributed by atoms with Crippen molar-refractivity contribution in [1.29, 1.82) is 0 Å². The minimum Gasteiger partial charge on any atom is -0.456 e. The quantitative estimate of drug-likeness (QED) is 0.275. The first-order valence-corrected chi connectivity index (χ1v) is 13.3. The standard InChI is InChI=1S/C28H29ClO7S/c1-5-23-26(33-15(2)30)28(35-17(4)32)27(34-16(3)31)25(36-23)19-10-11-22(29)20(12-19)14-21-13-18-8-6-7-9-24(18)37-21/h6-13,23,25-28H,5,14H2,1-4H3/t23-,25?,26-,27+,28+/m1/s1. The molecule has 0 saturated carbocycles. The summed E-state index contributed by atoms with van der Waals surface area (Å²) in [6.07, 6.45) is -3.30. The minimum atomic E-state index is -1.05. The van der Waals surface area contributed by atoms with Gasteiger partial charge in [0.2, 0.25) is 0 Å². The fraction of sp³-hybridized carbons (Fsp3) is 0.393. The molecule has 0 bridgehead atoms. The molecule has 5 atom stereocenters. The molecule has 9 heteroatoms. The van der Waals surface area contributed by atoms with Crippen LogP contribution in [0.4, 0.5) is 0 Å². The molecule has 1 aliphatic rings. The van der Waals surface area contributed by atoms with Gasteiger partial charge in [0, 0.05) is 41.8 Å². The van der Waals surface area contributed by atoms with Crippen molar-refractivity contribution in [1.82, 2.24) is 0 Å². The normalized spacial score (nSPS) is 23.4. The maximum absolute atomic E-state index is 12.1. The third-order valence-electron chi connectivity index (χ3n) is 6.18. The number of thiophene rings is 1. The maximum atomic E-state index is 12.1. The topological polar surface area (TPSA) is 88.1 Å². The second-order valence-electron chi connectivity index (χ2n) is 9.00. The summed E-state index contributed by atoms with van der Waals surface area (Å²) < 4.78 is 24.3. The molecule has 3 aromatic rings. The van der Waals surface area contributed by atoms with Crippen LogP contribution in [-0.4, -0.2) is 42.3 Å². The number of hydrogen-bond donors (Lipinski definition) is 0. The first-order valence-electron chi connectivity index (χ1n) is 12.1. The third kappa shape index (κ3) is 6.32. The van der Waals surface area contributed by atoms with Crippen molar-refractivity contribution in [3.8, 4) is 0 Å². The Morgan fingerprint density at radius 1 is 0.892 bits per heavy atom. The molecule has 0 amide bonds. The van der Waals surface area contributed by atoms with E-state index in [0.29, 0.717) is 23.4 Å². The van der Waals surface area contributed by atoms with E-state index in [0.717, 1.165) is 10.4 Å². The second-order valence-corrected chi connectivity index (χ2v) is 10.6. The monoisotopic (exact) mass is 544 g/mol. The summed E-state index contributed by atoms with van der Waals surface area (Å²) in [7, 11) is 0. The molecule has 1 unspecified atom stereocenters. The van der Waals surface area contributed by atoms with Crippen molar-refractivity contribution in [2.75, 3.05) is 0 Å². The summed E-state index contributed by atoms with van der Waals surface area (Å²) in [6.45, 7) is 5.67. The van der Waals surface area contributed by atoms with Gasteiger partial charge in [-0.05, 0) is 41.1 Å². The summed E-state index contributed by atoms with van der Waals surface area (Å²) >= 11 is 8.29. The molecule has 0 spiro atoms. The predicted molar refractivity (Wildman–Crippen MR) is 141 cm³/mol. The van der Waals surface area contributed by atoms with Gasteiger partial charge in [0.15, 0.2) is 18.3 Å². The number of carbonyl (C=O) groups is 3. The lowest BCUT2D eigenvalue weighted by molar-refractivity contribution is -0.249. The number of carbonyl (C=O) groups excluding carboxylic acids is 3. The Labute approximate surface area is 224 Å². The van der Waals surface area contributed by atoms with Crippen LogP contribution < -0.4 is 0 Å². The van der Waals surface area contributed by atoms with E-state index < -0.39 is 48.4 Å². The van der Waals surface area contributed by atoms with E-state index in [9.17, 15) is 14.4 Å². The first kappa shape index (κ1) is 27.1. The summed E-state index contributed by atoms with van der Waals surface area (Å²) in [6, 6.07) is 15.8. The van der Waals surface area contributed by atoms with E-state index in [1.165, 1.54) is 30.9 Å². The van der Waals surface area contributed by atoms with E-state index in [-0.39, 0.29) is 0 Å². The SMILES string of the molecule is CC[C@H]1OC(c2ccc(Cl)c(Cc3cc4ccccc4s3)c2)[C@H](OC(C)=O)[C@@H](OC(C)=O)[C@@H]1OC(C)=O. The van der Waals surface area contributed by atoms with E-state index in [4.69, 9.17) is 30.5 Å². The van der Waals surface area contributed by atoms with Gasteiger partial charge in [-0.15, -0.1) is 11.3 Å². The van der Waals surface area contributed by atoms with Crippen LogP contribution in [0.3, 0.4) is 0 Å². The zero-order valence-electron chi connectivity index (χ0n) is 21.1. The van der Waals surface area contributed by atoms with E-state index in [1.807, 2.05) is 31.2 Å². The van der Waals surface area contributed by atoms with Crippen molar-refractivity contribution in [3.05, 3.63) is 69.6 Å². The average Bonchev–Trinajstić information content (AvgIpc) is 3.24. The van der Waals surface area contributed by atoms with Gasteiger partial charge in [0.05, 0.1) is 6.10 Å². The maximum Gasteiger partial charge on any atom is 0.303 e. The highest BCUT2D eigenvalue weighted by Gasteiger charge is 2.51. The van der Waals surface area contributed by atoms with Crippen molar-refractivity contribution < 1.29 is 33.3 Å². The number of rotatable bonds is 7. The second kappa shape index (κ2) is 11.6. The molecule has 196 valence electrons. The smallest absolute Gasteiger partial charge is 0.303 e. The molecule has 37 heavy (non-hydrogen) atoms. The first-order chi connectivity index (χ1) is 17.7.